The molecule has 1 aromatic heterocycles. The van der Waals surface area contributed by atoms with E-state index in [0.29, 0.717) is 6.04 Å². The Morgan fingerprint density at radius 1 is 0.962 bits per heavy atom. The highest BCUT2D eigenvalue weighted by Gasteiger charge is 2.26. The van der Waals surface area contributed by atoms with Gasteiger partial charge in [0.1, 0.15) is 12.1 Å². The van der Waals surface area contributed by atoms with E-state index in [0.717, 1.165) is 52.2 Å². The lowest BCUT2D eigenvalue weighted by Gasteiger charge is -2.39. The van der Waals surface area contributed by atoms with Gasteiger partial charge < -0.3 is 4.90 Å². The minimum Gasteiger partial charge on any atom is -0.354 e. The molecule has 0 saturated carbocycles. The monoisotopic (exact) mass is 351 g/mol. The smallest absolute Gasteiger partial charge is 0.135 e. The Balaban J connectivity index is 1.45. The van der Waals surface area contributed by atoms with Crippen LogP contribution in [0, 0.1) is 0 Å². The molecule has 4 rings (SSSR count). The fourth-order valence-electron chi connectivity index (χ4n) is 4.09. The average molecular weight is 351 g/mol. The summed E-state index contributed by atoms with van der Waals surface area (Å²) >= 11 is 0. The van der Waals surface area contributed by atoms with Gasteiger partial charge in [0.05, 0.1) is 5.69 Å². The minimum atomic E-state index is 0.628. The number of piperazine rings is 1. The van der Waals surface area contributed by atoms with Crippen molar-refractivity contribution in [2.24, 2.45) is 0 Å². The second-order valence-corrected chi connectivity index (χ2v) is 7.69. The Morgan fingerprint density at radius 3 is 2.46 bits per heavy atom. The van der Waals surface area contributed by atoms with E-state index >= 15 is 0 Å². The first-order chi connectivity index (χ1) is 12.7. The van der Waals surface area contributed by atoms with Crippen LogP contribution in [0.2, 0.25) is 0 Å². The molecule has 1 fully saturated rings. The van der Waals surface area contributed by atoms with Crippen molar-refractivity contribution in [2.75, 3.05) is 37.6 Å². The topological polar surface area (TPSA) is 35.5 Å². The van der Waals surface area contributed by atoms with Crippen LogP contribution in [0.25, 0.3) is 0 Å². The van der Waals surface area contributed by atoms with Crippen LogP contribution in [0.4, 0.5) is 5.82 Å². The first-order valence-corrected chi connectivity index (χ1v) is 9.79. The van der Waals surface area contributed by atoms with E-state index < -0.39 is 0 Å². The van der Waals surface area contributed by atoms with Gasteiger partial charge in [-0.3, -0.25) is 9.80 Å². The molecule has 1 aromatic carbocycles. The van der Waals surface area contributed by atoms with Crippen LogP contribution in [-0.2, 0) is 19.5 Å². The lowest BCUT2D eigenvalue weighted by molar-refractivity contribution is 0.208. The van der Waals surface area contributed by atoms with Crippen molar-refractivity contribution in [3.05, 3.63) is 53.5 Å². The fourth-order valence-corrected chi connectivity index (χ4v) is 4.09. The molecule has 0 aliphatic carbocycles. The zero-order chi connectivity index (χ0) is 17.9. The van der Waals surface area contributed by atoms with Gasteiger partial charge in [-0.15, -0.1) is 0 Å². The van der Waals surface area contributed by atoms with E-state index in [9.17, 15) is 0 Å². The normalized spacial score (nSPS) is 19.0. The Kier molecular flexibility index (Phi) is 5.18. The standard InChI is InChI=1S/C21H29N5/c1-17(2)25-10-12-26(13-11-25)21-19-8-9-24(15-20(19)22-16-23-21)14-18-6-4-3-5-7-18/h3-7,16-17H,8-15H2,1-2H3. The van der Waals surface area contributed by atoms with Crippen molar-refractivity contribution in [3.8, 4) is 0 Å². The molecule has 3 heterocycles. The maximum absolute atomic E-state index is 4.67. The van der Waals surface area contributed by atoms with Crippen molar-refractivity contribution in [1.29, 1.82) is 0 Å². The number of aromatic nitrogens is 2. The van der Waals surface area contributed by atoms with Crippen LogP contribution in [0.3, 0.4) is 0 Å². The second-order valence-electron chi connectivity index (χ2n) is 7.69. The SMILES string of the molecule is CC(C)N1CCN(c2ncnc3c2CCN(Cc2ccccc2)C3)CC1. The first-order valence-electron chi connectivity index (χ1n) is 9.79. The van der Waals surface area contributed by atoms with Gasteiger partial charge in [0.25, 0.3) is 0 Å². The summed E-state index contributed by atoms with van der Waals surface area (Å²) in [5.41, 5.74) is 3.95. The van der Waals surface area contributed by atoms with Crippen LogP contribution in [-0.4, -0.2) is 58.5 Å². The maximum atomic E-state index is 4.67. The largest absolute Gasteiger partial charge is 0.354 e. The highest BCUT2D eigenvalue weighted by molar-refractivity contribution is 5.50. The van der Waals surface area contributed by atoms with Crippen LogP contribution >= 0.6 is 0 Å². The molecule has 0 atom stereocenters. The van der Waals surface area contributed by atoms with Crippen molar-refractivity contribution >= 4 is 5.82 Å². The van der Waals surface area contributed by atoms with Crippen molar-refractivity contribution in [3.63, 3.8) is 0 Å². The third-order valence-electron chi connectivity index (χ3n) is 5.66. The molecule has 0 unspecified atom stereocenters. The number of rotatable bonds is 4. The molecular weight excluding hydrogens is 322 g/mol. The van der Waals surface area contributed by atoms with Crippen molar-refractivity contribution in [1.82, 2.24) is 19.8 Å². The average Bonchev–Trinajstić information content (AvgIpc) is 2.68. The van der Waals surface area contributed by atoms with Gasteiger partial charge in [0, 0.05) is 57.4 Å². The van der Waals surface area contributed by atoms with Gasteiger partial charge in [0.15, 0.2) is 0 Å². The molecule has 0 N–H and O–H groups in total. The number of hydrogen-bond acceptors (Lipinski definition) is 5. The predicted octanol–water partition coefficient (Wildman–Crippen LogP) is 2.57. The molecule has 0 amide bonds. The lowest BCUT2D eigenvalue weighted by Crippen LogP contribution is -2.49. The van der Waals surface area contributed by atoms with Gasteiger partial charge in [-0.1, -0.05) is 30.3 Å². The summed E-state index contributed by atoms with van der Waals surface area (Å²) < 4.78 is 0. The summed E-state index contributed by atoms with van der Waals surface area (Å²) in [7, 11) is 0. The third kappa shape index (κ3) is 3.74. The van der Waals surface area contributed by atoms with Gasteiger partial charge in [-0.05, 0) is 25.8 Å². The number of fused-ring (bicyclic) bond motifs is 1. The first kappa shape index (κ1) is 17.4. The van der Waals surface area contributed by atoms with Crippen molar-refractivity contribution in [2.45, 2.75) is 39.4 Å². The van der Waals surface area contributed by atoms with E-state index in [1.54, 1.807) is 6.33 Å². The third-order valence-corrected chi connectivity index (χ3v) is 5.66. The molecule has 138 valence electrons. The lowest BCUT2D eigenvalue weighted by atomic mass is 10.0. The molecule has 2 aromatic rings. The number of hydrogen-bond donors (Lipinski definition) is 0. The van der Waals surface area contributed by atoms with Gasteiger partial charge in [-0.2, -0.15) is 0 Å². The molecule has 0 bridgehead atoms. The Hall–Kier alpha value is -1.98. The number of anilines is 1. The van der Waals surface area contributed by atoms with Crippen LogP contribution in [0.5, 0.6) is 0 Å². The highest BCUT2D eigenvalue weighted by atomic mass is 15.3. The molecule has 5 heteroatoms. The predicted molar refractivity (Wildman–Crippen MR) is 105 cm³/mol. The van der Waals surface area contributed by atoms with Crippen LogP contribution in [0.1, 0.15) is 30.7 Å². The van der Waals surface area contributed by atoms with E-state index in [1.807, 2.05) is 0 Å². The molecular formula is C21H29N5. The zero-order valence-electron chi connectivity index (χ0n) is 15.9. The van der Waals surface area contributed by atoms with Crippen LogP contribution in [0.15, 0.2) is 36.7 Å². The summed E-state index contributed by atoms with van der Waals surface area (Å²) in [6, 6.07) is 11.3. The summed E-state index contributed by atoms with van der Waals surface area (Å²) in [6.45, 7) is 11.9. The minimum absolute atomic E-state index is 0.628. The molecule has 5 nitrogen and oxygen atoms in total. The Bertz CT molecular complexity index is 722. The van der Waals surface area contributed by atoms with E-state index in [4.69, 9.17) is 0 Å². The Labute approximate surface area is 156 Å². The zero-order valence-corrected chi connectivity index (χ0v) is 15.9. The molecule has 26 heavy (non-hydrogen) atoms. The summed E-state index contributed by atoms with van der Waals surface area (Å²) in [5.74, 6) is 1.18. The van der Waals surface area contributed by atoms with E-state index in [2.05, 4.69) is 68.8 Å². The Morgan fingerprint density at radius 2 is 1.73 bits per heavy atom. The molecule has 1 saturated heterocycles. The number of nitrogens with zero attached hydrogens (tertiary/aromatic N) is 5. The van der Waals surface area contributed by atoms with Crippen LogP contribution < -0.4 is 4.90 Å². The van der Waals surface area contributed by atoms with E-state index in [1.165, 1.54) is 22.6 Å². The van der Waals surface area contributed by atoms with Gasteiger partial charge in [0.2, 0.25) is 0 Å². The molecule has 0 radical (unpaired) electrons. The maximum Gasteiger partial charge on any atom is 0.135 e. The van der Waals surface area contributed by atoms with E-state index in [-0.39, 0.29) is 0 Å². The summed E-state index contributed by atoms with van der Waals surface area (Å²) in [4.78, 5) is 16.8. The number of benzene rings is 1. The molecule has 2 aliphatic rings. The molecule has 0 spiro atoms. The highest BCUT2D eigenvalue weighted by Crippen LogP contribution is 2.27. The quantitative estimate of drug-likeness (QED) is 0.846. The second kappa shape index (κ2) is 7.72. The summed E-state index contributed by atoms with van der Waals surface area (Å²) in [5, 5.41) is 0. The molecule has 2 aliphatic heterocycles. The van der Waals surface area contributed by atoms with Crippen molar-refractivity contribution < 1.29 is 0 Å². The van der Waals surface area contributed by atoms with Gasteiger partial charge in [-0.25, -0.2) is 9.97 Å². The summed E-state index contributed by atoms with van der Waals surface area (Å²) in [6.07, 6.45) is 2.80. The fraction of sp³-hybridized carbons (Fsp3) is 0.524. The van der Waals surface area contributed by atoms with Gasteiger partial charge >= 0.3 is 0 Å².